The molecular formula is C27H46NaO4S-. The summed E-state index contributed by atoms with van der Waals surface area (Å²) in [4.78, 5) is 0. The zero-order chi connectivity index (χ0) is 23.7. The fraction of sp³-hybridized carbons (Fsp3) is 0.926. The van der Waals surface area contributed by atoms with Crippen molar-refractivity contribution in [2.24, 2.45) is 46.3 Å². The molecule has 8 atom stereocenters. The predicted molar refractivity (Wildman–Crippen MR) is 129 cm³/mol. The second kappa shape index (κ2) is 12.3. The van der Waals surface area contributed by atoms with E-state index in [1.54, 1.807) is 5.57 Å². The van der Waals surface area contributed by atoms with E-state index in [0.717, 1.165) is 48.3 Å². The molecule has 0 radical (unpaired) electrons. The summed E-state index contributed by atoms with van der Waals surface area (Å²) < 4.78 is 25.3. The van der Waals surface area contributed by atoms with Gasteiger partial charge in [0.25, 0.3) is 0 Å². The van der Waals surface area contributed by atoms with Gasteiger partial charge in [-0.1, -0.05) is 65.5 Å². The van der Waals surface area contributed by atoms with Crippen molar-refractivity contribution in [3.05, 3.63) is 11.6 Å². The monoisotopic (exact) mass is 489 g/mol. The van der Waals surface area contributed by atoms with E-state index >= 15 is 0 Å². The molecule has 0 amide bonds. The molecule has 33 heavy (non-hydrogen) atoms. The van der Waals surface area contributed by atoms with Gasteiger partial charge < -0.3 is 14.2 Å². The summed E-state index contributed by atoms with van der Waals surface area (Å²) >= 11 is -3.11. The van der Waals surface area contributed by atoms with E-state index in [9.17, 15) is 5.11 Å². The quantitative estimate of drug-likeness (QED) is 0.365. The Bertz CT molecular complexity index is 694. The number of fused-ring (bicyclic) bond motifs is 5. The molecule has 0 aliphatic heterocycles. The number of allylic oxidation sites excluding steroid dienone is 1. The van der Waals surface area contributed by atoms with Crippen LogP contribution in [0.2, 0.25) is 0 Å². The second-order valence-electron chi connectivity index (χ2n) is 12.4. The molecule has 0 bridgehead atoms. The van der Waals surface area contributed by atoms with Crippen molar-refractivity contribution in [2.75, 3.05) is 0 Å². The van der Waals surface area contributed by atoms with Crippen LogP contribution in [0, 0.1) is 46.3 Å². The van der Waals surface area contributed by atoms with Crippen LogP contribution < -0.4 is 29.6 Å². The first-order valence-electron chi connectivity index (χ1n) is 13.1. The third-order valence-electron chi connectivity index (χ3n) is 10.3. The topological polar surface area (TPSA) is 83.4 Å². The summed E-state index contributed by atoms with van der Waals surface area (Å²) in [5.74, 6) is 5.46. The Balaban J connectivity index is 0.000000714. The molecule has 4 aliphatic carbocycles. The van der Waals surface area contributed by atoms with Gasteiger partial charge in [0.15, 0.2) is 0 Å². The van der Waals surface area contributed by atoms with Gasteiger partial charge in [0.2, 0.25) is 0 Å². The van der Waals surface area contributed by atoms with Crippen LogP contribution in [-0.4, -0.2) is 24.5 Å². The van der Waals surface area contributed by atoms with Crippen LogP contribution in [0.5, 0.6) is 0 Å². The Labute approximate surface area is 227 Å². The molecule has 186 valence electrons. The summed E-state index contributed by atoms with van der Waals surface area (Å²) in [5.41, 5.74) is 2.60. The maximum atomic E-state index is 10.2. The number of rotatable bonds is 5. The molecule has 6 heteroatoms. The Morgan fingerprint density at radius 3 is 2.36 bits per heavy atom. The van der Waals surface area contributed by atoms with Crippen LogP contribution in [0.25, 0.3) is 0 Å². The van der Waals surface area contributed by atoms with Gasteiger partial charge in [-0.15, -0.1) is 11.4 Å². The van der Waals surface area contributed by atoms with Crippen LogP contribution in [0.1, 0.15) is 105 Å². The molecule has 0 spiro atoms. The molecule has 3 fully saturated rings. The standard InChI is InChI=1S/C27H46O.Na.H2O3S/c1-18(2)7-6-8-19(3)23-11-12-24-22-10-9-20-17-21(28)13-15-26(20,4)25(22)14-16-27(23,24)5;;1-4(2)3/h9,18-19,21-25,28H,6-8,10-17H2,1-5H3;;(H2,1,2,3)/q;+1;/p-2/t19-,21+,22+,23-,24+,25+,26+,27-;;/m1../s1. The molecule has 0 aromatic carbocycles. The van der Waals surface area contributed by atoms with Crippen molar-refractivity contribution in [2.45, 2.75) is 111 Å². The van der Waals surface area contributed by atoms with Crippen molar-refractivity contribution in [3.8, 4) is 0 Å². The molecule has 0 aromatic rings. The summed E-state index contributed by atoms with van der Waals surface area (Å²) in [7, 11) is 0. The van der Waals surface area contributed by atoms with Gasteiger partial charge in [0.1, 0.15) is 0 Å². The third-order valence-corrected chi connectivity index (χ3v) is 10.3. The van der Waals surface area contributed by atoms with Gasteiger partial charge in [-0.05, 0) is 97.7 Å². The Kier molecular flexibility index (Phi) is 11.2. The van der Waals surface area contributed by atoms with Crippen molar-refractivity contribution < 1.29 is 48.0 Å². The minimum atomic E-state index is -3.11. The average molecular weight is 490 g/mol. The van der Waals surface area contributed by atoms with Crippen LogP contribution in [0.15, 0.2) is 11.6 Å². The van der Waals surface area contributed by atoms with E-state index in [1.165, 1.54) is 57.8 Å². The van der Waals surface area contributed by atoms with E-state index in [1.807, 2.05) is 0 Å². The average Bonchev–Trinajstić information content (AvgIpc) is 3.05. The van der Waals surface area contributed by atoms with Crippen LogP contribution in [0.3, 0.4) is 0 Å². The first-order chi connectivity index (χ1) is 15.0. The molecule has 4 nitrogen and oxygen atoms in total. The predicted octanol–water partition coefficient (Wildman–Crippen LogP) is 3.39. The number of aliphatic hydroxyl groups is 1. The van der Waals surface area contributed by atoms with Gasteiger partial charge in [-0.2, -0.15) is 0 Å². The van der Waals surface area contributed by atoms with Gasteiger partial charge in [0, 0.05) is 0 Å². The van der Waals surface area contributed by atoms with E-state index < -0.39 is 11.4 Å². The number of aliphatic hydroxyl groups excluding tert-OH is 1. The molecule has 4 aliphatic rings. The summed E-state index contributed by atoms with van der Waals surface area (Å²) in [5, 5.41) is 10.2. The van der Waals surface area contributed by atoms with Crippen LogP contribution >= 0.6 is 0 Å². The minimum absolute atomic E-state index is 0. The second-order valence-corrected chi connectivity index (χ2v) is 12.8. The molecule has 3 saturated carbocycles. The minimum Gasteiger partial charge on any atom is -0.784 e. The largest absolute Gasteiger partial charge is 1.00 e. The van der Waals surface area contributed by atoms with Gasteiger partial charge in [-0.3, -0.25) is 4.21 Å². The molecule has 4 rings (SSSR count). The molecule has 0 unspecified atom stereocenters. The smallest absolute Gasteiger partial charge is 0.784 e. The van der Waals surface area contributed by atoms with Crippen LogP contribution in [-0.2, 0) is 11.4 Å². The first-order valence-corrected chi connectivity index (χ1v) is 14.1. The van der Waals surface area contributed by atoms with E-state index in [4.69, 9.17) is 13.3 Å². The van der Waals surface area contributed by atoms with Crippen molar-refractivity contribution >= 4 is 11.4 Å². The summed E-state index contributed by atoms with van der Waals surface area (Å²) in [6.45, 7) is 12.6. The maximum Gasteiger partial charge on any atom is 1.00 e. The Hall–Kier alpha value is 0.770. The van der Waals surface area contributed by atoms with Crippen LogP contribution in [0.4, 0.5) is 0 Å². The van der Waals surface area contributed by atoms with Crippen molar-refractivity contribution in [1.29, 1.82) is 0 Å². The molecule has 0 aromatic heterocycles. The van der Waals surface area contributed by atoms with Crippen molar-refractivity contribution in [1.82, 2.24) is 0 Å². The first kappa shape index (κ1) is 30.0. The fourth-order valence-electron chi connectivity index (χ4n) is 8.67. The van der Waals surface area contributed by atoms with Gasteiger partial charge >= 0.3 is 29.6 Å². The molecule has 0 heterocycles. The maximum absolute atomic E-state index is 10.2. The molecule has 1 N–H and O–H groups in total. The van der Waals surface area contributed by atoms with Crippen molar-refractivity contribution in [3.63, 3.8) is 0 Å². The number of hydrogen-bond acceptors (Lipinski definition) is 4. The van der Waals surface area contributed by atoms with Gasteiger partial charge in [-0.25, -0.2) is 0 Å². The SMILES string of the molecule is CC(C)CCC[C@@H](C)[C@H]1CC[C@H]2[C@@H]3CC=C4C[C@@H](O)CC[C@]4(C)[C@H]3CC[C@]12C.O=S([O-])[O-].[Na+]. The zero-order valence-corrected chi connectivity index (χ0v) is 24.8. The summed E-state index contributed by atoms with van der Waals surface area (Å²) in [6.07, 6.45) is 17.2. The Morgan fingerprint density at radius 2 is 1.73 bits per heavy atom. The zero-order valence-electron chi connectivity index (χ0n) is 22.0. The van der Waals surface area contributed by atoms with E-state index in [0.29, 0.717) is 10.8 Å². The van der Waals surface area contributed by atoms with E-state index in [2.05, 4.69) is 40.7 Å². The third kappa shape index (κ3) is 6.56. The molecule has 0 saturated heterocycles. The number of hydrogen-bond donors (Lipinski definition) is 1. The normalized spacial score (nSPS) is 40.5. The Morgan fingerprint density at radius 1 is 1.06 bits per heavy atom. The summed E-state index contributed by atoms with van der Waals surface area (Å²) in [6, 6.07) is 0. The fourth-order valence-corrected chi connectivity index (χ4v) is 8.67. The van der Waals surface area contributed by atoms with Gasteiger partial charge in [0.05, 0.1) is 6.10 Å². The molecular weight excluding hydrogens is 443 g/mol. The van der Waals surface area contributed by atoms with E-state index in [-0.39, 0.29) is 35.7 Å².